The Bertz CT molecular complexity index is 640. The SMILES string of the molecule is CC(C)C(=O)N1CCCN(c2ccc([N+](=O)[O-])c(OC(F)F)c2)CC1. The summed E-state index contributed by atoms with van der Waals surface area (Å²) >= 11 is 0. The van der Waals surface area contributed by atoms with Crippen LogP contribution in [0.15, 0.2) is 18.2 Å². The Kier molecular flexibility index (Phi) is 6.11. The van der Waals surface area contributed by atoms with Crippen molar-refractivity contribution < 1.29 is 23.2 Å². The zero-order valence-corrected chi connectivity index (χ0v) is 14.2. The lowest BCUT2D eigenvalue weighted by Crippen LogP contribution is -2.37. The molecule has 0 aromatic heterocycles. The fraction of sp³-hybridized carbons (Fsp3) is 0.562. The molecular weight excluding hydrogens is 336 g/mol. The van der Waals surface area contributed by atoms with Crippen LogP contribution in [0.25, 0.3) is 0 Å². The highest BCUT2D eigenvalue weighted by atomic mass is 19.3. The van der Waals surface area contributed by atoms with Gasteiger partial charge in [0.2, 0.25) is 11.7 Å². The lowest BCUT2D eigenvalue weighted by atomic mass is 10.2. The second-order valence-electron chi connectivity index (χ2n) is 6.11. The van der Waals surface area contributed by atoms with E-state index in [2.05, 4.69) is 4.74 Å². The first-order chi connectivity index (χ1) is 11.8. The van der Waals surface area contributed by atoms with E-state index in [4.69, 9.17) is 0 Å². The number of carbonyl (C=O) groups is 1. The Balaban J connectivity index is 2.18. The molecule has 0 N–H and O–H groups in total. The second-order valence-corrected chi connectivity index (χ2v) is 6.11. The molecule has 1 fully saturated rings. The van der Waals surface area contributed by atoms with Gasteiger partial charge in [0, 0.05) is 49.9 Å². The summed E-state index contributed by atoms with van der Waals surface area (Å²) in [6, 6.07) is 3.93. The zero-order valence-electron chi connectivity index (χ0n) is 14.2. The van der Waals surface area contributed by atoms with Gasteiger partial charge in [0.05, 0.1) is 4.92 Å². The molecule has 1 aliphatic heterocycles. The largest absolute Gasteiger partial charge is 0.427 e. The van der Waals surface area contributed by atoms with Crippen molar-refractivity contribution in [1.29, 1.82) is 0 Å². The number of anilines is 1. The molecule has 1 amide bonds. The molecule has 7 nitrogen and oxygen atoms in total. The number of nitro groups is 1. The first-order valence-electron chi connectivity index (χ1n) is 8.06. The number of nitrogens with zero attached hydrogens (tertiary/aromatic N) is 3. The minimum Gasteiger partial charge on any atom is -0.427 e. The van der Waals surface area contributed by atoms with Gasteiger partial charge in [-0.1, -0.05) is 13.8 Å². The van der Waals surface area contributed by atoms with Gasteiger partial charge in [-0.25, -0.2) is 0 Å². The number of nitro benzene ring substituents is 1. The monoisotopic (exact) mass is 357 g/mol. The molecule has 0 unspecified atom stereocenters. The number of rotatable bonds is 5. The summed E-state index contributed by atoms with van der Waals surface area (Å²) in [6.07, 6.45) is 0.723. The van der Waals surface area contributed by atoms with Crippen molar-refractivity contribution in [3.8, 4) is 5.75 Å². The van der Waals surface area contributed by atoms with Gasteiger partial charge in [0.25, 0.3) is 0 Å². The standard InChI is InChI=1S/C16H21F2N3O4/c1-11(2)15(22)20-7-3-6-19(8-9-20)12-4-5-13(21(23)24)14(10-12)25-16(17)18/h4-5,10-11,16H,3,6-9H2,1-2H3. The molecule has 2 rings (SSSR count). The van der Waals surface area contributed by atoms with E-state index in [-0.39, 0.29) is 11.8 Å². The Labute approximate surface area is 144 Å². The molecule has 0 radical (unpaired) electrons. The minimum absolute atomic E-state index is 0.0762. The average Bonchev–Trinajstić information content (AvgIpc) is 2.79. The highest BCUT2D eigenvalue weighted by molar-refractivity contribution is 5.78. The molecule has 1 aromatic carbocycles. The van der Waals surface area contributed by atoms with Crippen LogP contribution in [0.5, 0.6) is 5.75 Å². The summed E-state index contributed by atoms with van der Waals surface area (Å²) in [5.41, 5.74) is 0.0515. The topological polar surface area (TPSA) is 75.9 Å². The van der Waals surface area contributed by atoms with E-state index < -0.39 is 23.0 Å². The first kappa shape index (κ1) is 18.9. The van der Waals surface area contributed by atoms with Crippen LogP contribution in [0.2, 0.25) is 0 Å². The maximum absolute atomic E-state index is 12.5. The van der Waals surface area contributed by atoms with Crippen molar-refractivity contribution in [2.75, 3.05) is 31.1 Å². The van der Waals surface area contributed by atoms with Gasteiger partial charge in [-0.15, -0.1) is 0 Å². The van der Waals surface area contributed by atoms with E-state index >= 15 is 0 Å². The van der Waals surface area contributed by atoms with Crippen LogP contribution in [0.4, 0.5) is 20.2 Å². The van der Waals surface area contributed by atoms with Crippen molar-refractivity contribution >= 4 is 17.3 Å². The lowest BCUT2D eigenvalue weighted by molar-refractivity contribution is -0.386. The number of amides is 1. The van der Waals surface area contributed by atoms with Crippen molar-refractivity contribution in [2.24, 2.45) is 5.92 Å². The van der Waals surface area contributed by atoms with Gasteiger partial charge >= 0.3 is 12.3 Å². The van der Waals surface area contributed by atoms with Crippen molar-refractivity contribution in [3.05, 3.63) is 28.3 Å². The van der Waals surface area contributed by atoms with Crippen LogP contribution in [-0.2, 0) is 4.79 Å². The van der Waals surface area contributed by atoms with Gasteiger partial charge in [0.1, 0.15) is 0 Å². The van der Waals surface area contributed by atoms with Gasteiger partial charge in [-0.05, 0) is 12.5 Å². The Hall–Kier alpha value is -2.45. The third kappa shape index (κ3) is 4.77. The molecule has 25 heavy (non-hydrogen) atoms. The van der Waals surface area contributed by atoms with Crippen molar-refractivity contribution in [3.63, 3.8) is 0 Å². The second kappa shape index (κ2) is 8.09. The van der Waals surface area contributed by atoms with E-state index in [9.17, 15) is 23.7 Å². The summed E-state index contributed by atoms with van der Waals surface area (Å²) in [5.74, 6) is -0.471. The van der Waals surface area contributed by atoms with E-state index in [1.165, 1.54) is 12.1 Å². The quantitative estimate of drug-likeness (QED) is 0.598. The molecule has 0 saturated carbocycles. The van der Waals surface area contributed by atoms with Gasteiger partial charge in [0.15, 0.2) is 0 Å². The molecule has 1 aromatic rings. The molecule has 9 heteroatoms. The van der Waals surface area contributed by atoms with Crippen LogP contribution >= 0.6 is 0 Å². The summed E-state index contributed by atoms with van der Waals surface area (Å²) in [5, 5.41) is 11.0. The van der Waals surface area contributed by atoms with E-state index in [0.29, 0.717) is 31.9 Å². The van der Waals surface area contributed by atoms with Crippen LogP contribution in [-0.4, -0.2) is 48.5 Å². The predicted octanol–water partition coefficient (Wildman–Crippen LogP) is 2.89. The van der Waals surface area contributed by atoms with Crippen LogP contribution in [0.1, 0.15) is 20.3 Å². The third-order valence-electron chi connectivity index (χ3n) is 4.02. The van der Waals surface area contributed by atoms with E-state index in [1.807, 2.05) is 18.7 Å². The smallest absolute Gasteiger partial charge is 0.387 e. The third-order valence-corrected chi connectivity index (χ3v) is 4.02. The number of carbonyl (C=O) groups excluding carboxylic acids is 1. The average molecular weight is 357 g/mol. The number of ether oxygens (including phenoxy) is 1. The van der Waals surface area contributed by atoms with Crippen LogP contribution in [0.3, 0.4) is 0 Å². The van der Waals surface area contributed by atoms with Gasteiger partial charge in [-0.3, -0.25) is 14.9 Å². The van der Waals surface area contributed by atoms with Gasteiger partial charge < -0.3 is 14.5 Å². The molecule has 138 valence electrons. The predicted molar refractivity (Wildman–Crippen MR) is 88.0 cm³/mol. The zero-order chi connectivity index (χ0) is 18.6. The van der Waals surface area contributed by atoms with Crippen molar-refractivity contribution in [1.82, 2.24) is 4.90 Å². The Morgan fingerprint density at radius 3 is 2.56 bits per heavy atom. The number of halogens is 2. The minimum atomic E-state index is -3.14. The molecular formula is C16H21F2N3O4. The number of hydrogen-bond acceptors (Lipinski definition) is 5. The van der Waals surface area contributed by atoms with Crippen LogP contribution < -0.4 is 9.64 Å². The molecule has 1 heterocycles. The Morgan fingerprint density at radius 1 is 1.24 bits per heavy atom. The highest BCUT2D eigenvalue weighted by Crippen LogP contribution is 2.33. The maximum Gasteiger partial charge on any atom is 0.387 e. The number of hydrogen-bond donors (Lipinski definition) is 0. The molecule has 0 bridgehead atoms. The summed E-state index contributed by atoms with van der Waals surface area (Å²) in [4.78, 5) is 26.0. The molecule has 1 aliphatic rings. The fourth-order valence-corrected chi connectivity index (χ4v) is 2.80. The van der Waals surface area contributed by atoms with Gasteiger partial charge in [-0.2, -0.15) is 8.78 Å². The normalized spacial score (nSPS) is 15.4. The molecule has 0 atom stereocenters. The number of benzene rings is 1. The summed E-state index contributed by atoms with van der Waals surface area (Å²) in [6.45, 7) is 2.82. The molecule has 0 aliphatic carbocycles. The highest BCUT2D eigenvalue weighted by Gasteiger charge is 2.24. The van der Waals surface area contributed by atoms with Crippen LogP contribution in [0, 0.1) is 16.0 Å². The van der Waals surface area contributed by atoms with E-state index in [0.717, 1.165) is 12.5 Å². The fourth-order valence-electron chi connectivity index (χ4n) is 2.80. The number of alkyl halides is 2. The maximum atomic E-state index is 12.5. The Morgan fingerprint density at radius 2 is 1.96 bits per heavy atom. The summed E-state index contributed by atoms with van der Waals surface area (Å²) in [7, 11) is 0. The first-order valence-corrected chi connectivity index (χ1v) is 8.06. The molecule has 0 spiro atoms. The molecule has 1 saturated heterocycles. The lowest BCUT2D eigenvalue weighted by Gasteiger charge is -2.25. The van der Waals surface area contributed by atoms with E-state index in [1.54, 1.807) is 4.90 Å². The summed E-state index contributed by atoms with van der Waals surface area (Å²) < 4.78 is 29.3. The van der Waals surface area contributed by atoms with Crippen molar-refractivity contribution in [2.45, 2.75) is 26.9 Å².